The Bertz CT molecular complexity index is 1490. The molecular weight excluding hydrogens is 358 g/mol. The molecule has 29 heavy (non-hydrogen) atoms. The van der Waals surface area contributed by atoms with E-state index in [1.165, 1.54) is 0 Å². The lowest BCUT2D eigenvalue weighted by molar-refractivity contribution is 1.12. The Morgan fingerprint density at radius 2 is 1.28 bits per heavy atom. The summed E-state index contributed by atoms with van der Waals surface area (Å²) in [5.41, 5.74) is 6.99. The average molecular weight is 373 g/mol. The van der Waals surface area contributed by atoms with Crippen LogP contribution in [0.2, 0.25) is 0 Å². The van der Waals surface area contributed by atoms with Crippen molar-refractivity contribution in [3.63, 3.8) is 0 Å². The highest BCUT2D eigenvalue weighted by molar-refractivity contribution is 5.99. The van der Waals surface area contributed by atoms with Crippen molar-refractivity contribution >= 4 is 27.7 Å². The van der Waals surface area contributed by atoms with Gasteiger partial charge in [0.05, 0.1) is 11.0 Å². The van der Waals surface area contributed by atoms with Crippen molar-refractivity contribution in [2.45, 2.75) is 0 Å². The minimum Gasteiger partial charge on any atom is -0.281 e. The fourth-order valence-corrected chi connectivity index (χ4v) is 3.69. The second kappa shape index (κ2) is 6.21. The molecule has 0 fully saturated rings. The molecule has 0 radical (unpaired) electrons. The van der Waals surface area contributed by atoms with E-state index in [-0.39, 0.29) is 0 Å². The van der Waals surface area contributed by atoms with Gasteiger partial charge < -0.3 is 0 Å². The monoisotopic (exact) mass is 373 g/mol. The first kappa shape index (κ1) is 15.9. The van der Waals surface area contributed by atoms with E-state index in [1.54, 1.807) is 0 Å². The molecule has 0 saturated carbocycles. The van der Waals surface area contributed by atoms with Crippen LogP contribution in [0, 0.1) is 0 Å². The molecule has 0 amide bonds. The van der Waals surface area contributed by atoms with Gasteiger partial charge in [-0.15, -0.1) is 0 Å². The standard InChI is InChI=1S/C24H15N5/c1-3-9-16(10-4-1)20-21-22(28-23(27-20)17-11-5-2-6-12-17)24-26-18-13-7-8-14-19(18)29(24)15-25-21/h1-15H. The van der Waals surface area contributed by atoms with Crippen LogP contribution < -0.4 is 0 Å². The minimum atomic E-state index is 0.666. The average Bonchev–Trinajstić information content (AvgIpc) is 3.19. The van der Waals surface area contributed by atoms with Crippen molar-refractivity contribution in [3.05, 3.63) is 91.3 Å². The molecule has 3 aromatic heterocycles. The molecule has 0 bridgehead atoms. The van der Waals surface area contributed by atoms with Gasteiger partial charge in [0.15, 0.2) is 11.5 Å². The molecule has 0 spiro atoms. The summed E-state index contributed by atoms with van der Waals surface area (Å²) < 4.78 is 1.99. The zero-order valence-electron chi connectivity index (χ0n) is 15.4. The van der Waals surface area contributed by atoms with E-state index >= 15 is 0 Å². The molecule has 0 aliphatic rings. The number of benzene rings is 3. The first-order valence-electron chi connectivity index (χ1n) is 9.43. The van der Waals surface area contributed by atoms with Crippen LogP contribution in [0.15, 0.2) is 91.3 Å². The van der Waals surface area contributed by atoms with E-state index in [1.807, 2.05) is 95.7 Å². The molecule has 6 aromatic rings. The van der Waals surface area contributed by atoms with Crippen LogP contribution in [0.5, 0.6) is 0 Å². The van der Waals surface area contributed by atoms with E-state index in [4.69, 9.17) is 19.9 Å². The van der Waals surface area contributed by atoms with Crippen LogP contribution in [-0.4, -0.2) is 24.3 Å². The van der Waals surface area contributed by atoms with Crippen LogP contribution in [0.25, 0.3) is 50.4 Å². The SMILES string of the molecule is c1ccc(-c2nc(-c3ccccc3)c3ncn4c5ccccc5nc4c3n2)cc1. The van der Waals surface area contributed by atoms with Gasteiger partial charge in [-0.25, -0.2) is 19.9 Å². The van der Waals surface area contributed by atoms with Gasteiger partial charge in [-0.1, -0.05) is 72.8 Å². The van der Waals surface area contributed by atoms with E-state index in [9.17, 15) is 0 Å². The lowest BCUT2D eigenvalue weighted by Crippen LogP contribution is -2.00. The molecule has 0 N–H and O–H groups in total. The number of imidazole rings is 1. The maximum atomic E-state index is 4.90. The van der Waals surface area contributed by atoms with E-state index in [2.05, 4.69) is 0 Å². The highest BCUT2D eigenvalue weighted by atomic mass is 15.1. The van der Waals surface area contributed by atoms with Gasteiger partial charge in [-0.05, 0) is 12.1 Å². The summed E-state index contributed by atoms with van der Waals surface area (Å²) in [5.74, 6) is 0.666. The predicted octanol–water partition coefficient (Wildman–Crippen LogP) is 5.16. The molecule has 3 aromatic carbocycles. The third-order valence-corrected chi connectivity index (χ3v) is 5.07. The minimum absolute atomic E-state index is 0.666. The molecule has 0 aliphatic carbocycles. The number of rotatable bonds is 2. The summed E-state index contributed by atoms with van der Waals surface area (Å²) in [6.07, 6.45) is 1.81. The first-order valence-corrected chi connectivity index (χ1v) is 9.43. The molecule has 0 aliphatic heterocycles. The van der Waals surface area contributed by atoms with Gasteiger partial charge in [-0.2, -0.15) is 0 Å². The summed E-state index contributed by atoms with van der Waals surface area (Å²) >= 11 is 0. The first-order chi connectivity index (χ1) is 14.4. The van der Waals surface area contributed by atoms with E-state index in [0.717, 1.165) is 44.5 Å². The molecule has 136 valence electrons. The topological polar surface area (TPSA) is 56.0 Å². The normalized spacial score (nSPS) is 11.4. The maximum Gasteiger partial charge on any atom is 0.167 e. The quantitative estimate of drug-likeness (QED) is 0.421. The summed E-state index contributed by atoms with van der Waals surface area (Å²) in [7, 11) is 0. The Morgan fingerprint density at radius 3 is 2.07 bits per heavy atom. The van der Waals surface area contributed by atoms with E-state index in [0.29, 0.717) is 5.82 Å². The number of hydrogen-bond donors (Lipinski definition) is 0. The summed E-state index contributed by atoms with van der Waals surface area (Å²) in [6, 6.07) is 28.2. The molecule has 0 unspecified atom stereocenters. The van der Waals surface area contributed by atoms with Crippen LogP contribution in [-0.2, 0) is 0 Å². The van der Waals surface area contributed by atoms with Gasteiger partial charge in [0, 0.05) is 11.1 Å². The summed E-state index contributed by atoms with van der Waals surface area (Å²) in [6.45, 7) is 0. The van der Waals surface area contributed by atoms with Gasteiger partial charge >= 0.3 is 0 Å². The zero-order chi connectivity index (χ0) is 19.2. The van der Waals surface area contributed by atoms with Crippen molar-refractivity contribution in [1.29, 1.82) is 0 Å². The highest BCUT2D eigenvalue weighted by Gasteiger charge is 2.17. The maximum absolute atomic E-state index is 4.90. The Balaban J connectivity index is 1.77. The lowest BCUT2D eigenvalue weighted by Gasteiger charge is -2.09. The van der Waals surface area contributed by atoms with E-state index < -0.39 is 0 Å². The Hall–Kier alpha value is -4.12. The smallest absolute Gasteiger partial charge is 0.167 e. The Labute approximate surface area is 166 Å². The fourth-order valence-electron chi connectivity index (χ4n) is 3.69. The third kappa shape index (κ3) is 2.48. The van der Waals surface area contributed by atoms with Crippen molar-refractivity contribution in [2.75, 3.05) is 0 Å². The molecule has 5 nitrogen and oxygen atoms in total. The van der Waals surface area contributed by atoms with Crippen molar-refractivity contribution < 1.29 is 0 Å². The molecular formula is C24H15N5. The van der Waals surface area contributed by atoms with Gasteiger partial charge in [0.1, 0.15) is 23.1 Å². The van der Waals surface area contributed by atoms with Gasteiger partial charge in [-0.3, -0.25) is 4.40 Å². The number of fused-ring (bicyclic) bond motifs is 5. The summed E-state index contributed by atoms with van der Waals surface area (Å²) in [4.78, 5) is 19.4. The Morgan fingerprint density at radius 1 is 0.586 bits per heavy atom. The third-order valence-electron chi connectivity index (χ3n) is 5.07. The number of para-hydroxylation sites is 2. The van der Waals surface area contributed by atoms with Crippen LogP contribution >= 0.6 is 0 Å². The highest BCUT2D eigenvalue weighted by Crippen LogP contribution is 2.30. The molecule has 5 heteroatoms. The molecule has 3 heterocycles. The second-order valence-electron chi connectivity index (χ2n) is 6.86. The largest absolute Gasteiger partial charge is 0.281 e. The number of hydrogen-bond acceptors (Lipinski definition) is 4. The Kier molecular flexibility index (Phi) is 3.40. The number of nitrogens with zero attached hydrogens (tertiary/aromatic N) is 5. The molecule has 0 atom stereocenters. The number of aromatic nitrogens is 5. The van der Waals surface area contributed by atoms with Crippen molar-refractivity contribution in [1.82, 2.24) is 24.3 Å². The fraction of sp³-hybridized carbons (Fsp3) is 0. The molecule has 0 saturated heterocycles. The lowest BCUT2D eigenvalue weighted by atomic mass is 10.1. The molecule has 6 rings (SSSR count). The second-order valence-corrected chi connectivity index (χ2v) is 6.86. The predicted molar refractivity (Wildman–Crippen MR) is 114 cm³/mol. The van der Waals surface area contributed by atoms with Crippen molar-refractivity contribution in [3.8, 4) is 22.6 Å². The van der Waals surface area contributed by atoms with Crippen LogP contribution in [0.1, 0.15) is 0 Å². The van der Waals surface area contributed by atoms with Crippen LogP contribution in [0.4, 0.5) is 0 Å². The van der Waals surface area contributed by atoms with Gasteiger partial charge in [0.25, 0.3) is 0 Å². The zero-order valence-corrected chi connectivity index (χ0v) is 15.4. The van der Waals surface area contributed by atoms with Crippen molar-refractivity contribution in [2.24, 2.45) is 0 Å². The van der Waals surface area contributed by atoms with Crippen LogP contribution in [0.3, 0.4) is 0 Å². The van der Waals surface area contributed by atoms with Gasteiger partial charge in [0.2, 0.25) is 0 Å². The summed E-state index contributed by atoms with van der Waals surface area (Å²) in [5, 5.41) is 0.